The van der Waals surface area contributed by atoms with E-state index >= 15 is 0 Å². The van der Waals surface area contributed by atoms with Gasteiger partial charge in [-0.1, -0.05) is 48.5 Å². The molecule has 0 bridgehead atoms. The van der Waals surface area contributed by atoms with E-state index in [1.165, 1.54) is 17.9 Å². The Kier molecular flexibility index (Phi) is 8.36. The Bertz CT molecular complexity index is 1410. The molecule has 2 aromatic carbocycles. The molecular weight excluding hydrogens is 490 g/mol. The molecule has 1 saturated heterocycles. The van der Waals surface area contributed by atoms with Gasteiger partial charge < -0.3 is 25.4 Å². The van der Waals surface area contributed by atoms with E-state index in [-0.39, 0.29) is 11.8 Å². The van der Waals surface area contributed by atoms with E-state index in [4.69, 9.17) is 9.97 Å². The van der Waals surface area contributed by atoms with Gasteiger partial charge in [-0.2, -0.15) is 0 Å². The highest BCUT2D eigenvalue weighted by Crippen LogP contribution is 2.24. The van der Waals surface area contributed by atoms with Gasteiger partial charge in [-0.25, -0.2) is 9.97 Å². The van der Waals surface area contributed by atoms with Crippen molar-refractivity contribution in [1.82, 2.24) is 25.2 Å². The summed E-state index contributed by atoms with van der Waals surface area (Å²) in [6.45, 7) is 5.34. The van der Waals surface area contributed by atoms with E-state index in [2.05, 4.69) is 44.9 Å². The molecule has 1 fully saturated rings. The van der Waals surface area contributed by atoms with Gasteiger partial charge in [0.2, 0.25) is 11.8 Å². The third-order valence-electron chi connectivity index (χ3n) is 7.02. The number of hydrogen-bond donors (Lipinski definition) is 3. The van der Waals surface area contributed by atoms with Gasteiger partial charge in [0.15, 0.2) is 5.82 Å². The Hall–Kier alpha value is -4.40. The number of nitrogens with one attached hydrogen (secondary N) is 3. The van der Waals surface area contributed by atoms with Crippen LogP contribution in [0.2, 0.25) is 0 Å². The van der Waals surface area contributed by atoms with E-state index in [9.17, 15) is 9.59 Å². The van der Waals surface area contributed by atoms with Crippen LogP contribution in [-0.4, -0.2) is 70.9 Å². The Morgan fingerprint density at radius 3 is 2.51 bits per heavy atom. The van der Waals surface area contributed by atoms with Gasteiger partial charge in [0.25, 0.3) is 0 Å². The van der Waals surface area contributed by atoms with Crippen LogP contribution in [0.1, 0.15) is 25.3 Å². The lowest BCUT2D eigenvalue weighted by molar-refractivity contribution is -0.131. The maximum atomic E-state index is 13.0. The first-order valence-electron chi connectivity index (χ1n) is 13.6. The molecule has 4 aromatic rings. The van der Waals surface area contributed by atoms with E-state index in [1.54, 1.807) is 0 Å². The number of aromatic amines is 1. The molecular formula is C30H35N7O2. The Morgan fingerprint density at radius 2 is 1.72 bits per heavy atom. The molecule has 3 N–H and O–H groups in total. The number of benzene rings is 2. The lowest BCUT2D eigenvalue weighted by atomic mass is 10.1. The van der Waals surface area contributed by atoms with Crippen molar-refractivity contribution in [3.8, 4) is 11.4 Å². The van der Waals surface area contributed by atoms with Crippen molar-refractivity contribution in [2.24, 2.45) is 0 Å². The number of anilines is 2. The molecule has 0 saturated carbocycles. The topological polar surface area (TPSA) is 106 Å². The largest absolute Gasteiger partial charge is 0.368 e. The average Bonchev–Trinajstić information content (AvgIpc) is 3.38. The fourth-order valence-electron chi connectivity index (χ4n) is 4.94. The summed E-state index contributed by atoms with van der Waals surface area (Å²) in [5.41, 5.74) is 3.34. The monoisotopic (exact) mass is 525 g/mol. The number of para-hydroxylation sites is 1. The summed E-state index contributed by atoms with van der Waals surface area (Å²) in [6.07, 6.45) is 4.33. The highest BCUT2D eigenvalue weighted by Gasteiger charge is 2.23. The number of fused-ring (bicyclic) bond motifs is 1. The van der Waals surface area contributed by atoms with Crippen molar-refractivity contribution >= 4 is 34.4 Å². The quantitative estimate of drug-likeness (QED) is 0.272. The van der Waals surface area contributed by atoms with Gasteiger partial charge in [0, 0.05) is 81.3 Å². The van der Waals surface area contributed by atoms with Crippen molar-refractivity contribution in [2.45, 2.75) is 26.2 Å². The molecule has 0 aliphatic carbocycles. The number of aryl methyl sites for hydroxylation is 1. The first kappa shape index (κ1) is 26.2. The summed E-state index contributed by atoms with van der Waals surface area (Å²) >= 11 is 0. The Labute approximate surface area is 228 Å². The standard InChI is InChI=1S/C30H35N7O2/c1-22(38)31-14-15-32-27-20-28(35-30(34-27)23-8-3-2-4-9-23)36-16-18-37(19-17-36)29(39)13-7-10-24-21-33-26-12-6-5-11-25(24)26/h2-6,8-9,11-12,20-21,33H,7,10,13-19H2,1H3,(H,31,38)(H,32,34,35). The summed E-state index contributed by atoms with van der Waals surface area (Å²) < 4.78 is 0. The number of carbonyl (C=O) groups is 2. The summed E-state index contributed by atoms with van der Waals surface area (Å²) in [7, 11) is 0. The van der Waals surface area contributed by atoms with E-state index in [0.717, 1.165) is 29.7 Å². The molecule has 1 aliphatic rings. The smallest absolute Gasteiger partial charge is 0.222 e. The van der Waals surface area contributed by atoms with Gasteiger partial charge in [-0.05, 0) is 24.5 Å². The van der Waals surface area contributed by atoms with Crippen LogP contribution in [0.25, 0.3) is 22.3 Å². The third-order valence-corrected chi connectivity index (χ3v) is 7.02. The maximum Gasteiger partial charge on any atom is 0.222 e. The van der Waals surface area contributed by atoms with Crippen LogP contribution in [-0.2, 0) is 16.0 Å². The van der Waals surface area contributed by atoms with Gasteiger partial charge in [-0.3, -0.25) is 9.59 Å². The number of hydrogen-bond acceptors (Lipinski definition) is 6. The first-order chi connectivity index (χ1) is 19.1. The molecule has 3 heterocycles. The van der Waals surface area contributed by atoms with Gasteiger partial charge in [0.1, 0.15) is 11.6 Å². The third kappa shape index (κ3) is 6.73. The molecule has 2 aromatic heterocycles. The van der Waals surface area contributed by atoms with E-state index in [0.29, 0.717) is 57.3 Å². The van der Waals surface area contributed by atoms with Crippen molar-refractivity contribution < 1.29 is 9.59 Å². The van der Waals surface area contributed by atoms with Crippen molar-refractivity contribution in [2.75, 3.05) is 49.5 Å². The van der Waals surface area contributed by atoms with Crippen molar-refractivity contribution in [3.63, 3.8) is 0 Å². The van der Waals surface area contributed by atoms with Gasteiger partial charge in [0.05, 0.1) is 0 Å². The highest BCUT2D eigenvalue weighted by molar-refractivity contribution is 5.83. The predicted molar refractivity (Wildman–Crippen MR) is 155 cm³/mol. The molecule has 0 atom stereocenters. The Morgan fingerprint density at radius 1 is 0.949 bits per heavy atom. The number of aromatic nitrogens is 3. The number of amides is 2. The zero-order valence-corrected chi connectivity index (χ0v) is 22.3. The van der Waals surface area contributed by atoms with Gasteiger partial charge >= 0.3 is 0 Å². The zero-order valence-electron chi connectivity index (χ0n) is 22.3. The molecule has 9 nitrogen and oxygen atoms in total. The summed E-state index contributed by atoms with van der Waals surface area (Å²) in [5, 5.41) is 7.33. The number of carbonyl (C=O) groups excluding carboxylic acids is 2. The van der Waals surface area contributed by atoms with Crippen molar-refractivity contribution in [1.29, 1.82) is 0 Å². The van der Waals surface area contributed by atoms with Crippen LogP contribution in [0.15, 0.2) is 66.9 Å². The molecule has 0 radical (unpaired) electrons. The fourth-order valence-corrected chi connectivity index (χ4v) is 4.94. The second-order valence-corrected chi connectivity index (χ2v) is 9.79. The van der Waals surface area contributed by atoms with Crippen LogP contribution in [0.4, 0.5) is 11.6 Å². The number of piperazine rings is 1. The van der Waals surface area contributed by atoms with E-state index in [1.807, 2.05) is 47.4 Å². The van der Waals surface area contributed by atoms with Crippen LogP contribution in [0.5, 0.6) is 0 Å². The van der Waals surface area contributed by atoms with Crippen LogP contribution < -0.4 is 15.5 Å². The molecule has 202 valence electrons. The zero-order chi connectivity index (χ0) is 27.0. The second kappa shape index (κ2) is 12.4. The summed E-state index contributed by atoms with van der Waals surface area (Å²) in [4.78, 5) is 41.2. The first-order valence-corrected chi connectivity index (χ1v) is 13.6. The molecule has 1 aliphatic heterocycles. The van der Waals surface area contributed by atoms with E-state index < -0.39 is 0 Å². The van der Waals surface area contributed by atoms with Crippen molar-refractivity contribution in [3.05, 3.63) is 72.4 Å². The predicted octanol–water partition coefficient (Wildman–Crippen LogP) is 3.84. The number of nitrogens with zero attached hydrogens (tertiary/aromatic N) is 4. The molecule has 5 rings (SSSR count). The maximum absolute atomic E-state index is 13.0. The lowest BCUT2D eigenvalue weighted by Crippen LogP contribution is -2.49. The molecule has 2 amide bonds. The van der Waals surface area contributed by atoms with Crippen LogP contribution in [0.3, 0.4) is 0 Å². The minimum atomic E-state index is -0.0597. The molecule has 0 spiro atoms. The minimum Gasteiger partial charge on any atom is -0.368 e. The SMILES string of the molecule is CC(=O)NCCNc1cc(N2CCN(C(=O)CCCc3c[nH]c4ccccc34)CC2)nc(-c2ccccc2)n1. The summed E-state index contributed by atoms with van der Waals surface area (Å²) in [5.74, 6) is 2.33. The Balaban J connectivity index is 1.18. The number of rotatable bonds is 10. The normalized spacial score (nSPS) is 13.5. The number of H-pyrrole nitrogens is 1. The minimum absolute atomic E-state index is 0.0597. The highest BCUT2D eigenvalue weighted by atomic mass is 16.2. The second-order valence-electron chi connectivity index (χ2n) is 9.79. The van der Waals surface area contributed by atoms with Crippen LogP contribution >= 0.6 is 0 Å². The lowest BCUT2D eigenvalue weighted by Gasteiger charge is -2.35. The van der Waals surface area contributed by atoms with Crippen LogP contribution in [0, 0.1) is 0 Å². The molecule has 39 heavy (non-hydrogen) atoms. The average molecular weight is 526 g/mol. The van der Waals surface area contributed by atoms with Gasteiger partial charge in [-0.15, -0.1) is 0 Å². The molecule has 0 unspecified atom stereocenters. The fraction of sp³-hybridized carbons (Fsp3) is 0.333. The summed E-state index contributed by atoms with van der Waals surface area (Å²) in [6, 6.07) is 20.1. The molecule has 9 heteroatoms.